The Balaban J connectivity index is 2.01. The van der Waals surface area contributed by atoms with Crippen molar-refractivity contribution in [1.82, 2.24) is 15.5 Å². The van der Waals surface area contributed by atoms with Crippen LogP contribution in [-0.2, 0) is 20.9 Å². The first-order valence-corrected chi connectivity index (χ1v) is 11.0. The van der Waals surface area contributed by atoms with Crippen molar-refractivity contribution in [2.24, 2.45) is 17.6 Å². The van der Waals surface area contributed by atoms with Crippen LogP contribution in [0.3, 0.4) is 0 Å². The largest absolute Gasteiger partial charge is 0.381 e. The average molecular weight is 433 g/mol. The summed E-state index contributed by atoms with van der Waals surface area (Å²) in [5.41, 5.74) is 6.92. The monoisotopic (exact) mass is 432 g/mol. The molecule has 8 nitrogen and oxygen atoms in total. The van der Waals surface area contributed by atoms with Gasteiger partial charge in [-0.3, -0.25) is 14.4 Å². The van der Waals surface area contributed by atoms with E-state index in [1.165, 1.54) is 4.90 Å². The van der Waals surface area contributed by atoms with Crippen molar-refractivity contribution in [2.75, 3.05) is 6.54 Å². The van der Waals surface area contributed by atoms with E-state index in [9.17, 15) is 19.5 Å². The van der Waals surface area contributed by atoms with Gasteiger partial charge in [0.05, 0.1) is 12.1 Å². The number of nitrogens with zero attached hydrogens (tertiary/aromatic N) is 1. The van der Waals surface area contributed by atoms with Crippen molar-refractivity contribution >= 4 is 17.7 Å². The Morgan fingerprint density at radius 2 is 1.77 bits per heavy atom. The summed E-state index contributed by atoms with van der Waals surface area (Å²) in [4.78, 5) is 39.7. The maximum Gasteiger partial charge on any atom is 0.251 e. The number of likely N-dealkylation sites (tertiary alicyclic amines) is 1. The molecule has 1 fully saturated rings. The van der Waals surface area contributed by atoms with Gasteiger partial charge in [0.1, 0.15) is 6.04 Å². The molecule has 0 radical (unpaired) electrons. The molecule has 1 aliphatic rings. The maximum absolute atomic E-state index is 13.0. The molecule has 0 aromatic heterocycles. The Labute approximate surface area is 184 Å². The molecule has 2 rings (SSSR count). The lowest BCUT2D eigenvalue weighted by molar-refractivity contribution is -0.141. The number of carbonyl (C=O) groups is 3. The molecule has 1 aromatic rings. The summed E-state index contributed by atoms with van der Waals surface area (Å²) in [5.74, 6) is -1.38. The molecule has 0 spiro atoms. The van der Waals surface area contributed by atoms with E-state index in [-0.39, 0.29) is 30.2 Å². The van der Waals surface area contributed by atoms with Crippen LogP contribution in [0.2, 0.25) is 0 Å². The quantitative estimate of drug-likeness (QED) is 0.459. The maximum atomic E-state index is 13.0. The number of nitrogens with two attached hydrogens (primary N) is 1. The van der Waals surface area contributed by atoms with E-state index in [0.717, 1.165) is 5.56 Å². The minimum atomic E-state index is -1.41. The van der Waals surface area contributed by atoms with Gasteiger partial charge in [-0.15, -0.1) is 0 Å². The molecule has 1 saturated heterocycles. The van der Waals surface area contributed by atoms with Crippen LogP contribution in [0.1, 0.15) is 46.1 Å². The van der Waals surface area contributed by atoms with Gasteiger partial charge < -0.3 is 26.4 Å². The topological polar surface area (TPSA) is 125 Å². The number of amides is 3. The number of nitrogens with one attached hydrogen (secondary N) is 2. The second-order valence-corrected chi connectivity index (χ2v) is 8.89. The standard InChI is InChI=1S/C23H36N4O4/c1-14(2)18(24)23(31)27-12-8-11-17(27)21(29)26-19(15(3)4)20(28)22(30)25-13-16-9-6-5-7-10-16/h5-7,9-10,14-15,17-20,28H,8,11-13,24H2,1-4H3,(H,25,30)(H,26,29)/t17-,18-,19-,20?/m0/s1. The molecule has 0 bridgehead atoms. The van der Waals surface area contributed by atoms with Crippen LogP contribution in [-0.4, -0.2) is 58.5 Å². The first-order valence-electron chi connectivity index (χ1n) is 11.0. The van der Waals surface area contributed by atoms with Crippen molar-refractivity contribution in [3.63, 3.8) is 0 Å². The second kappa shape index (κ2) is 11.2. The van der Waals surface area contributed by atoms with Crippen LogP contribution in [0.15, 0.2) is 30.3 Å². The molecular weight excluding hydrogens is 396 g/mol. The van der Waals surface area contributed by atoms with Crippen molar-refractivity contribution in [1.29, 1.82) is 0 Å². The van der Waals surface area contributed by atoms with Gasteiger partial charge in [0.25, 0.3) is 5.91 Å². The summed E-state index contributed by atoms with van der Waals surface area (Å²) >= 11 is 0. The van der Waals surface area contributed by atoms with Crippen LogP contribution < -0.4 is 16.4 Å². The predicted molar refractivity (Wildman–Crippen MR) is 119 cm³/mol. The first-order chi connectivity index (χ1) is 14.6. The van der Waals surface area contributed by atoms with Gasteiger partial charge >= 0.3 is 0 Å². The van der Waals surface area contributed by atoms with Gasteiger partial charge in [-0.1, -0.05) is 58.0 Å². The van der Waals surface area contributed by atoms with E-state index >= 15 is 0 Å². The van der Waals surface area contributed by atoms with Crippen LogP contribution >= 0.6 is 0 Å². The smallest absolute Gasteiger partial charge is 0.251 e. The molecule has 1 aliphatic heterocycles. The Bertz CT molecular complexity index is 753. The molecule has 1 unspecified atom stereocenters. The van der Waals surface area contributed by atoms with E-state index in [1.54, 1.807) is 0 Å². The molecule has 4 atom stereocenters. The molecule has 8 heteroatoms. The van der Waals surface area contributed by atoms with Gasteiger partial charge in [-0.05, 0) is 30.2 Å². The van der Waals surface area contributed by atoms with Crippen LogP contribution in [0.5, 0.6) is 0 Å². The Kier molecular flexibility index (Phi) is 9.00. The lowest BCUT2D eigenvalue weighted by Crippen LogP contribution is -2.58. The molecule has 3 amide bonds. The highest BCUT2D eigenvalue weighted by Crippen LogP contribution is 2.20. The zero-order valence-corrected chi connectivity index (χ0v) is 18.9. The van der Waals surface area contributed by atoms with Crippen molar-refractivity contribution in [2.45, 2.75) is 71.3 Å². The zero-order chi connectivity index (χ0) is 23.1. The summed E-state index contributed by atoms with van der Waals surface area (Å²) in [6.07, 6.45) is -0.166. The summed E-state index contributed by atoms with van der Waals surface area (Å²) in [6.45, 7) is 8.15. The highest BCUT2D eigenvalue weighted by Gasteiger charge is 2.39. The number of hydrogen-bond donors (Lipinski definition) is 4. The van der Waals surface area contributed by atoms with Gasteiger partial charge in [0, 0.05) is 13.1 Å². The normalized spacial score (nSPS) is 19.2. The van der Waals surface area contributed by atoms with E-state index < -0.39 is 30.1 Å². The number of hydrogen-bond acceptors (Lipinski definition) is 5. The average Bonchev–Trinajstić information content (AvgIpc) is 3.24. The molecule has 1 heterocycles. The van der Waals surface area contributed by atoms with E-state index in [4.69, 9.17) is 5.73 Å². The molecule has 0 saturated carbocycles. The van der Waals surface area contributed by atoms with Gasteiger partial charge in [-0.25, -0.2) is 0 Å². The number of rotatable bonds is 9. The van der Waals surface area contributed by atoms with Crippen LogP contribution in [0.4, 0.5) is 0 Å². The van der Waals surface area contributed by atoms with E-state index in [0.29, 0.717) is 19.4 Å². The Morgan fingerprint density at radius 3 is 2.35 bits per heavy atom. The van der Waals surface area contributed by atoms with E-state index in [2.05, 4.69) is 10.6 Å². The lowest BCUT2D eigenvalue weighted by Gasteiger charge is -2.31. The number of aliphatic hydroxyl groups excluding tert-OH is 1. The fraction of sp³-hybridized carbons (Fsp3) is 0.609. The third-order valence-electron chi connectivity index (χ3n) is 5.79. The zero-order valence-electron chi connectivity index (χ0n) is 18.9. The fourth-order valence-corrected chi connectivity index (χ4v) is 3.70. The SMILES string of the molecule is CC(C)[C@H](NC(=O)[C@@H]1CCCN1C(=O)[C@@H](N)C(C)C)C(O)C(=O)NCc1ccccc1. The highest BCUT2D eigenvalue weighted by atomic mass is 16.3. The van der Waals surface area contributed by atoms with Gasteiger partial charge in [-0.2, -0.15) is 0 Å². The highest BCUT2D eigenvalue weighted by molar-refractivity contribution is 5.91. The molecule has 172 valence electrons. The third kappa shape index (κ3) is 6.51. The Morgan fingerprint density at radius 1 is 1.13 bits per heavy atom. The van der Waals surface area contributed by atoms with Gasteiger partial charge in [0.15, 0.2) is 6.10 Å². The number of carbonyl (C=O) groups excluding carboxylic acids is 3. The molecule has 0 aliphatic carbocycles. The minimum absolute atomic E-state index is 0.0321. The van der Waals surface area contributed by atoms with Crippen LogP contribution in [0.25, 0.3) is 0 Å². The number of aliphatic hydroxyl groups is 1. The predicted octanol–water partition coefficient (Wildman–Crippen LogP) is 0.779. The fourth-order valence-electron chi connectivity index (χ4n) is 3.70. The molecule has 1 aromatic carbocycles. The lowest BCUT2D eigenvalue weighted by atomic mass is 9.97. The summed E-state index contributed by atoms with van der Waals surface area (Å²) in [7, 11) is 0. The molecule has 5 N–H and O–H groups in total. The van der Waals surface area contributed by atoms with E-state index in [1.807, 2.05) is 58.0 Å². The summed E-state index contributed by atoms with van der Waals surface area (Å²) < 4.78 is 0. The summed E-state index contributed by atoms with van der Waals surface area (Å²) in [6, 6.07) is 7.30. The first kappa shape index (κ1) is 24.8. The van der Waals surface area contributed by atoms with Crippen molar-refractivity contribution in [3.05, 3.63) is 35.9 Å². The summed E-state index contributed by atoms with van der Waals surface area (Å²) in [5, 5.41) is 16.1. The second-order valence-electron chi connectivity index (χ2n) is 8.89. The third-order valence-corrected chi connectivity index (χ3v) is 5.79. The Hall–Kier alpha value is -2.45. The molecule has 31 heavy (non-hydrogen) atoms. The number of benzene rings is 1. The van der Waals surface area contributed by atoms with Gasteiger partial charge in [0.2, 0.25) is 11.8 Å². The van der Waals surface area contributed by atoms with Crippen molar-refractivity contribution < 1.29 is 19.5 Å². The minimum Gasteiger partial charge on any atom is -0.381 e. The van der Waals surface area contributed by atoms with Crippen LogP contribution in [0, 0.1) is 11.8 Å². The van der Waals surface area contributed by atoms with Crippen molar-refractivity contribution in [3.8, 4) is 0 Å². The molecular formula is C23H36N4O4.